The summed E-state index contributed by atoms with van der Waals surface area (Å²) in [6.45, 7) is 0. The minimum absolute atomic E-state index is 0. The molecule has 0 radical (unpaired) electrons. The van der Waals surface area contributed by atoms with Crippen molar-refractivity contribution in [2.75, 3.05) is 0 Å². The molecule has 0 fully saturated rings. The van der Waals surface area contributed by atoms with E-state index in [1.807, 2.05) is 48.5 Å². The van der Waals surface area contributed by atoms with Gasteiger partial charge in [0, 0.05) is 9.79 Å². The molecule has 4 rings (SSSR count). The van der Waals surface area contributed by atoms with E-state index < -0.39 is 22.2 Å². The maximum atomic E-state index is 10.8. The molecule has 27 heavy (non-hydrogen) atoms. The van der Waals surface area contributed by atoms with Crippen LogP contribution in [0.5, 0.6) is 0 Å². The van der Waals surface area contributed by atoms with Crippen molar-refractivity contribution in [1.29, 1.82) is 0 Å². The fourth-order valence-corrected chi connectivity index (χ4v) is 3.79. The minimum atomic E-state index is -2.15. The second-order valence-corrected chi connectivity index (χ2v) is 7.24. The molecule has 0 saturated heterocycles. The summed E-state index contributed by atoms with van der Waals surface area (Å²) < 4.78 is 43.3. The SMILES string of the molecule is O=S([O-])c1cccc2ccccc12.O=S([O-])c1cccc2ccccc12.[Sr+2]. The van der Waals surface area contributed by atoms with E-state index in [9.17, 15) is 17.5 Å². The van der Waals surface area contributed by atoms with E-state index in [1.54, 1.807) is 36.4 Å². The van der Waals surface area contributed by atoms with Crippen molar-refractivity contribution in [3.63, 3.8) is 0 Å². The van der Waals surface area contributed by atoms with Crippen LogP contribution in [0, 0.1) is 0 Å². The van der Waals surface area contributed by atoms with Crippen LogP contribution in [0.4, 0.5) is 0 Å². The number of hydrogen-bond donors (Lipinski definition) is 0. The molecule has 7 heteroatoms. The summed E-state index contributed by atoms with van der Waals surface area (Å²) in [5, 5.41) is 3.45. The molecule has 0 N–H and O–H groups in total. The first-order chi connectivity index (χ1) is 12.6. The monoisotopic (exact) mass is 470 g/mol. The Kier molecular flexibility index (Phi) is 8.78. The van der Waals surface area contributed by atoms with Crippen LogP contribution in [0.25, 0.3) is 21.5 Å². The van der Waals surface area contributed by atoms with Crippen molar-refractivity contribution < 1.29 is 17.5 Å². The first-order valence-electron chi connectivity index (χ1n) is 7.72. The summed E-state index contributed by atoms with van der Waals surface area (Å²) in [7, 11) is 0. The quantitative estimate of drug-likeness (QED) is 0.330. The maximum Gasteiger partial charge on any atom is 2.00 e. The molecule has 132 valence electrons. The zero-order valence-corrected chi connectivity index (χ0v) is 19.3. The van der Waals surface area contributed by atoms with Gasteiger partial charge in [-0.2, -0.15) is 0 Å². The molecule has 4 aromatic carbocycles. The fraction of sp³-hybridized carbons (Fsp3) is 0. The second kappa shape index (κ2) is 10.6. The van der Waals surface area contributed by atoms with Crippen LogP contribution in [0.1, 0.15) is 0 Å². The van der Waals surface area contributed by atoms with Gasteiger partial charge in [-0.3, -0.25) is 8.42 Å². The molecule has 4 aromatic rings. The van der Waals surface area contributed by atoms with Crippen molar-refractivity contribution in [1.82, 2.24) is 0 Å². The summed E-state index contributed by atoms with van der Waals surface area (Å²) in [6.07, 6.45) is 0. The van der Waals surface area contributed by atoms with E-state index in [0.717, 1.165) is 21.5 Å². The van der Waals surface area contributed by atoms with Gasteiger partial charge >= 0.3 is 45.5 Å². The molecule has 0 aliphatic carbocycles. The Hall–Kier alpha value is -0.899. The van der Waals surface area contributed by atoms with Crippen molar-refractivity contribution in [2.45, 2.75) is 9.79 Å². The zero-order chi connectivity index (χ0) is 18.5. The van der Waals surface area contributed by atoms with Crippen molar-refractivity contribution in [3.05, 3.63) is 84.9 Å². The molecule has 4 nitrogen and oxygen atoms in total. The van der Waals surface area contributed by atoms with E-state index in [4.69, 9.17) is 0 Å². The smallest absolute Gasteiger partial charge is 0.768 e. The van der Waals surface area contributed by atoms with E-state index in [-0.39, 0.29) is 45.5 Å². The normalized spacial score (nSPS) is 12.5. The standard InChI is InChI=1S/2C10H8O2S.Sr/c2*11-13(12)10-7-3-5-8-4-1-2-6-9(8)10;/h2*1-7H,(H,11,12);/q;;+2/p-2. The van der Waals surface area contributed by atoms with Crippen molar-refractivity contribution >= 4 is 89.2 Å². The van der Waals surface area contributed by atoms with E-state index in [1.165, 1.54) is 0 Å². The number of rotatable bonds is 2. The first kappa shape index (κ1) is 22.4. The van der Waals surface area contributed by atoms with Gasteiger partial charge in [0.15, 0.2) is 0 Å². The van der Waals surface area contributed by atoms with Gasteiger partial charge in [-0.15, -0.1) is 0 Å². The third-order valence-electron chi connectivity index (χ3n) is 3.86. The predicted molar refractivity (Wildman–Crippen MR) is 108 cm³/mol. The van der Waals surface area contributed by atoms with Crippen LogP contribution in [-0.4, -0.2) is 63.0 Å². The number of fused-ring (bicyclic) bond motifs is 2. The summed E-state index contributed by atoms with van der Waals surface area (Å²) in [6, 6.07) is 25.3. The second-order valence-electron chi connectivity index (χ2n) is 5.42. The Bertz CT molecular complexity index is 1020. The molecule has 0 aromatic heterocycles. The van der Waals surface area contributed by atoms with Crippen LogP contribution < -0.4 is 0 Å². The van der Waals surface area contributed by atoms with Gasteiger partial charge in [0.25, 0.3) is 0 Å². The zero-order valence-electron chi connectivity index (χ0n) is 14.2. The van der Waals surface area contributed by atoms with Gasteiger partial charge < -0.3 is 9.11 Å². The van der Waals surface area contributed by atoms with Gasteiger partial charge in [-0.1, -0.05) is 72.8 Å². The molecule has 0 heterocycles. The summed E-state index contributed by atoms with van der Waals surface area (Å²) in [4.78, 5) is 0.719. The Morgan fingerprint density at radius 2 is 0.852 bits per heavy atom. The van der Waals surface area contributed by atoms with Gasteiger partial charge in [0.1, 0.15) is 0 Å². The van der Waals surface area contributed by atoms with Gasteiger partial charge in [-0.25, -0.2) is 0 Å². The first-order valence-corrected chi connectivity index (χ1v) is 9.87. The summed E-state index contributed by atoms with van der Waals surface area (Å²) in [5.41, 5.74) is 0. The van der Waals surface area contributed by atoms with Crippen LogP contribution >= 0.6 is 0 Å². The Morgan fingerprint density at radius 3 is 1.22 bits per heavy atom. The van der Waals surface area contributed by atoms with E-state index >= 15 is 0 Å². The van der Waals surface area contributed by atoms with Crippen LogP contribution in [-0.2, 0) is 22.2 Å². The molecule has 0 saturated carbocycles. The van der Waals surface area contributed by atoms with Gasteiger partial charge in [0.2, 0.25) is 0 Å². The van der Waals surface area contributed by atoms with Gasteiger partial charge in [-0.05, 0) is 55.8 Å². The molecular formula is C20H14O4S2Sr. The molecule has 2 atom stereocenters. The molecule has 0 amide bonds. The minimum Gasteiger partial charge on any atom is -0.768 e. The maximum absolute atomic E-state index is 10.8. The topological polar surface area (TPSA) is 80.3 Å². The van der Waals surface area contributed by atoms with Gasteiger partial charge in [0.05, 0.1) is 0 Å². The van der Waals surface area contributed by atoms with Crippen LogP contribution in [0.2, 0.25) is 0 Å². The summed E-state index contributed by atoms with van der Waals surface area (Å²) in [5.74, 6) is 0. The third kappa shape index (κ3) is 5.56. The summed E-state index contributed by atoms with van der Waals surface area (Å²) >= 11 is -4.31. The predicted octanol–water partition coefficient (Wildman–Crippen LogP) is 3.77. The average Bonchev–Trinajstić information content (AvgIpc) is 2.67. The molecule has 0 aliphatic heterocycles. The fourth-order valence-electron chi connectivity index (χ4n) is 2.68. The molecule has 2 unspecified atom stereocenters. The van der Waals surface area contributed by atoms with E-state index in [0.29, 0.717) is 9.79 Å². The van der Waals surface area contributed by atoms with Crippen molar-refractivity contribution in [2.24, 2.45) is 0 Å². The van der Waals surface area contributed by atoms with Crippen LogP contribution in [0.3, 0.4) is 0 Å². The Morgan fingerprint density at radius 1 is 0.519 bits per heavy atom. The number of benzene rings is 4. The molecule has 0 aliphatic rings. The average molecular weight is 470 g/mol. The molecule has 0 spiro atoms. The Balaban J connectivity index is 0.000000187. The largest absolute Gasteiger partial charge is 2.00 e. The van der Waals surface area contributed by atoms with Crippen molar-refractivity contribution in [3.8, 4) is 0 Å². The molecule has 0 bridgehead atoms. The Labute approximate surface area is 199 Å². The molecular weight excluding hydrogens is 456 g/mol. The number of hydrogen-bond acceptors (Lipinski definition) is 4. The van der Waals surface area contributed by atoms with E-state index in [2.05, 4.69) is 0 Å². The van der Waals surface area contributed by atoms with Crippen LogP contribution in [0.15, 0.2) is 94.7 Å². The third-order valence-corrected chi connectivity index (χ3v) is 5.29.